The van der Waals surface area contributed by atoms with Crippen LogP contribution in [0.25, 0.3) is 0 Å². The van der Waals surface area contributed by atoms with E-state index in [9.17, 15) is 25.3 Å². The van der Waals surface area contributed by atoms with Gasteiger partial charge in [-0.2, -0.15) is 4.91 Å². The molecule has 0 bridgehead atoms. The van der Waals surface area contributed by atoms with Crippen LogP contribution in [0.3, 0.4) is 0 Å². The van der Waals surface area contributed by atoms with Crippen molar-refractivity contribution in [3.8, 4) is 5.75 Å². The number of hydrogen-bond donors (Lipinski definition) is 5. The molecule has 0 radical (unpaired) electrons. The average Bonchev–Trinajstić information content (AvgIpc) is 2.66. The van der Waals surface area contributed by atoms with Crippen molar-refractivity contribution in [2.45, 2.75) is 36.9 Å². The highest BCUT2D eigenvalue weighted by molar-refractivity contribution is 5.51. The van der Waals surface area contributed by atoms with Crippen LogP contribution >= 0.6 is 0 Å². The standard InChI is InChI=1S/C19H22N2O6/c20-14-6-3-11(8-12(14)7-10-1-4-13(23)5-2-10)19-18(25)16(21-26)17(24)15(9-22)27-19/h1-6,8,15-19,22-25H,7,9,20H2/t15?,16-,17+,18+,19-/m0/s1. The largest absolute Gasteiger partial charge is 0.508 e. The Labute approximate surface area is 155 Å². The second-order valence-corrected chi connectivity index (χ2v) is 6.66. The number of benzene rings is 2. The summed E-state index contributed by atoms with van der Waals surface area (Å²) in [6.45, 7) is -0.508. The molecule has 0 amide bonds. The van der Waals surface area contributed by atoms with Crippen LogP contribution in [0, 0.1) is 4.91 Å². The Balaban J connectivity index is 1.89. The van der Waals surface area contributed by atoms with Gasteiger partial charge in [0.25, 0.3) is 0 Å². The number of nitrogens with zero attached hydrogens (tertiary/aromatic N) is 1. The summed E-state index contributed by atoms with van der Waals surface area (Å²) in [4.78, 5) is 11.1. The van der Waals surface area contributed by atoms with Gasteiger partial charge in [-0.3, -0.25) is 0 Å². The molecule has 1 unspecified atom stereocenters. The summed E-state index contributed by atoms with van der Waals surface area (Å²) in [6, 6.07) is 10.5. The Kier molecular flexibility index (Phi) is 5.71. The third kappa shape index (κ3) is 3.93. The van der Waals surface area contributed by atoms with E-state index in [4.69, 9.17) is 10.5 Å². The first-order valence-corrected chi connectivity index (χ1v) is 8.55. The number of phenolic OH excluding ortho intramolecular Hbond substituents is 1. The fourth-order valence-corrected chi connectivity index (χ4v) is 3.29. The molecule has 8 heteroatoms. The molecular formula is C19H22N2O6. The lowest BCUT2D eigenvalue weighted by Crippen LogP contribution is -2.54. The third-order valence-electron chi connectivity index (χ3n) is 4.84. The summed E-state index contributed by atoms with van der Waals surface area (Å²) in [5.74, 6) is 0.167. The Morgan fingerprint density at radius 1 is 1.07 bits per heavy atom. The quantitative estimate of drug-likeness (QED) is 0.385. The molecular weight excluding hydrogens is 352 g/mol. The van der Waals surface area contributed by atoms with Gasteiger partial charge in [0.05, 0.1) is 6.61 Å². The molecule has 5 atom stereocenters. The molecule has 0 aliphatic carbocycles. The average molecular weight is 374 g/mol. The topological polar surface area (TPSA) is 146 Å². The number of nitrogen functional groups attached to an aromatic ring is 1. The number of anilines is 1. The Bertz CT molecular complexity index is 797. The Morgan fingerprint density at radius 2 is 1.78 bits per heavy atom. The van der Waals surface area contributed by atoms with Gasteiger partial charge in [0.1, 0.15) is 36.2 Å². The van der Waals surface area contributed by atoms with Crippen molar-refractivity contribution in [2.75, 3.05) is 12.3 Å². The first kappa shape index (κ1) is 19.2. The fourth-order valence-electron chi connectivity index (χ4n) is 3.29. The summed E-state index contributed by atoms with van der Waals surface area (Å²) < 4.78 is 5.62. The maximum atomic E-state index is 11.1. The zero-order chi connectivity index (χ0) is 19.6. The molecule has 0 spiro atoms. The van der Waals surface area contributed by atoms with Crippen LogP contribution < -0.4 is 5.73 Å². The van der Waals surface area contributed by atoms with Crippen LogP contribution in [0.15, 0.2) is 47.6 Å². The normalized spacial score (nSPS) is 28.0. The molecule has 0 aromatic heterocycles. The number of ether oxygens (including phenoxy) is 1. The highest BCUT2D eigenvalue weighted by atomic mass is 16.5. The molecule has 2 aromatic rings. The van der Waals surface area contributed by atoms with Crippen molar-refractivity contribution in [2.24, 2.45) is 5.18 Å². The van der Waals surface area contributed by atoms with Crippen LogP contribution in [-0.4, -0.2) is 51.4 Å². The first-order chi connectivity index (χ1) is 12.9. The van der Waals surface area contributed by atoms with Crippen LogP contribution in [-0.2, 0) is 11.2 Å². The number of nitrogens with two attached hydrogens (primary N) is 1. The lowest BCUT2D eigenvalue weighted by atomic mass is 9.88. The maximum absolute atomic E-state index is 11.1. The van der Waals surface area contributed by atoms with Gasteiger partial charge >= 0.3 is 0 Å². The number of hydrogen-bond acceptors (Lipinski definition) is 8. The highest BCUT2D eigenvalue weighted by Gasteiger charge is 2.46. The van der Waals surface area contributed by atoms with Gasteiger partial charge in [-0.25, -0.2) is 0 Å². The number of aliphatic hydroxyl groups excluding tert-OH is 3. The molecule has 0 saturated carbocycles. The SMILES string of the molecule is Nc1ccc([C@@H]2OC(CO)[C@@H](O)[C@H](N=O)[C@H]2O)cc1Cc1ccc(O)cc1. The smallest absolute Gasteiger partial charge is 0.149 e. The molecule has 1 saturated heterocycles. The monoisotopic (exact) mass is 374 g/mol. The lowest BCUT2D eigenvalue weighted by Gasteiger charge is -2.39. The van der Waals surface area contributed by atoms with E-state index in [2.05, 4.69) is 5.18 Å². The van der Waals surface area contributed by atoms with E-state index in [0.717, 1.165) is 11.1 Å². The van der Waals surface area contributed by atoms with Crippen molar-refractivity contribution in [3.63, 3.8) is 0 Å². The zero-order valence-electron chi connectivity index (χ0n) is 14.5. The Hall–Kier alpha value is -2.52. The maximum Gasteiger partial charge on any atom is 0.149 e. The first-order valence-electron chi connectivity index (χ1n) is 8.55. The third-order valence-corrected chi connectivity index (χ3v) is 4.84. The van der Waals surface area contributed by atoms with E-state index in [1.807, 2.05) is 0 Å². The van der Waals surface area contributed by atoms with Crippen molar-refractivity contribution in [1.29, 1.82) is 0 Å². The Morgan fingerprint density at radius 3 is 2.41 bits per heavy atom. The van der Waals surface area contributed by atoms with E-state index in [1.54, 1.807) is 42.5 Å². The predicted octanol–water partition coefficient (Wildman–Crippen LogP) is 0.854. The second kappa shape index (κ2) is 8.01. The number of rotatable bonds is 5. The van der Waals surface area contributed by atoms with Crippen molar-refractivity contribution in [1.82, 2.24) is 0 Å². The van der Waals surface area contributed by atoms with Crippen molar-refractivity contribution >= 4 is 5.69 Å². The van der Waals surface area contributed by atoms with E-state index in [-0.39, 0.29) is 5.75 Å². The molecule has 1 aliphatic heterocycles. The number of phenols is 1. The van der Waals surface area contributed by atoms with Gasteiger partial charge in [0.2, 0.25) is 0 Å². The molecule has 1 fully saturated rings. The number of aliphatic hydroxyl groups is 3. The predicted molar refractivity (Wildman–Crippen MR) is 98.1 cm³/mol. The van der Waals surface area contributed by atoms with E-state index in [0.29, 0.717) is 17.7 Å². The minimum absolute atomic E-state index is 0.167. The molecule has 1 heterocycles. The van der Waals surface area contributed by atoms with Gasteiger partial charge in [-0.05, 0) is 41.3 Å². The molecule has 8 nitrogen and oxygen atoms in total. The van der Waals surface area contributed by atoms with Gasteiger partial charge < -0.3 is 30.9 Å². The molecule has 1 aliphatic rings. The van der Waals surface area contributed by atoms with E-state index in [1.165, 1.54) is 0 Å². The molecule has 6 N–H and O–H groups in total. The summed E-state index contributed by atoms with van der Waals surface area (Å²) >= 11 is 0. The van der Waals surface area contributed by atoms with Crippen molar-refractivity contribution in [3.05, 3.63) is 64.1 Å². The van der Waals surface area contributed by atoms with Gasteiger partial charge in [0.15, 0.2) is 0 Å². The minimum atomic E-state index is -1.39. The van der Waals surface area contributed by atoms with E-state index < -0.39 is 37.1 Å². The molecule has 144 valence electrons. The zero-order valence-corrected chi connectivity index (χ0v) is 14.5. The molecule has 3 rings (SSSR count). The minimum Gasteiger partial charge on any atom is -0.508 e. The van der Waals surface area contributed by atoms with Crippen molar-refractivity contribution < 1.29 is 25.2 Å². The summed E-state index contributed by atoms with van der Waals surface area (Å²) in [5, 5.41) is 42.0. The lowest BCUT2D eigenvalue weighted by molar-refractivity contribution is -0.190. The van der Waals surface area contributed by atoms with Crippen LogP contribution in [0.2, 0.25) is 0 Å². The fraction of sp³-hybridized carbons (Fsp3) is 0.368. The van der Waals surface area contributed by atoms with Crippen LogP contribution in [0.1, 0.15) is 22.8 Å². The van der Waals surface area contributed by atoms with Gasteiger partial charge in [-0.1, -0.05) is 29.4 Å². The molecule has 2 aromatic carbocycles. The number of aromatic hydroxyl groups is 1. The van der Waals surface area contributed by atoms with Gasteiger partial charge in [-0.15, -0.1) is 0 Å². The van der Waals surface area contributed by atoms with Crippen LogP contribution in [0.4, 0.5) is 5.69 Å². The second-order valence-electron chi connectivity index (χ2n) is 6.66. The van der Waals surface area contributed by atoms with E-state index >= 15 is 0 Å². The number of nitroso groups, excluding NO2 is 1. The summed E-state index contributed by atoms with van der Waals surface area (Å²) in [6.07, 6.45) is -4.22. The van der Waals surface area contributed by atoms with Crippen LogP contribution in [0.5, 0.6) is 5.75 Å². The van der Waals surface area contributed by atoms with Gasteiger partial charge in [0, 0.05) is 5.69 Å². The summed E-state index contributed by atoms with van der Waals surface area (Å²) in [7, 11) is 0. The molecule has 27 heavy (non-hydrogen) atoms. The summed E-state index contributed by atoms with van der Waals surface area (Å²) in [5.41, 5.74) is 8.86. The highest BCUT2D eigenvalue weighted by Crippen LogP contribution is 2.35.